The molecule has 0 aliphatic carbocycles. The molecule has 128 valence electrons. The van der Waals surface area contributed by atoms with E-state index in [1.54, 1.807) is 24.3 Å². The van der Waals surface area contributed by atoms with E-state index < -0.39 is 6.10 Å². The first-order chi connectivity index (χ1) is 11.0. The smallest absolute Gasteiger partial charge is 0.221 e. The number of hydrogen-bond donors (Lipinski definition) is 3. The molecule has 23 heavy (non-hydrogen) atoms. The number of aliphatic hydroxyl groups is 1. The van der Waals surface area contributed by atoms with Crippen molar-refractivity contribution in [3.63, 3.8) is 0 Å². The highest BCUT2D eigenvalue weighted by molar-refractivity contribution is 5.88. The molecule has 1 aromatic carbocycles. The fourth-order valence-corrected chi connectivity index (χ4v) is 2.60. The molecule has 0 spiro atoms. The van der Waals surface area contributed by atoms with Crippen molar-refractivity contribution in [1.29, 1.82) is 0 Å². The summed E-state index contributed by atoms with van der Waals surface area (Å²) in [6.45, 7) is 4.46. The number of anilines is 1. The van der Waals surface area contributed by atoms with Crippen molar-refractivity contribution in [1.82, 2.24) is 10.2 Å². The Morgan fingerprint density at radius 1 is 1.35 bits per heavy atom. The van der Waals surface area contributed by atoms with Gasteiger partial charge in [0.2, 0.25) is 5.91 Å². The Labute approximate surface area is 137 Å². The number of ether oxygens (including phenoxy) is 1. The molecule has 1 amide bonds. The monoisotopic (exact) mass is 321 g/mol. The number of likely N-dealkylation sites (tertiary alicyclic amines) is 1. The van der Waals surface area contributed by atoms with Crippen LogP contribution in [0.5, 0.6) is 5.75 Å². The first-order valence-corrected chi connectivity index (χ1v) is 8.13. The van der Waals surface area contributed by atoms with Crippen molar-refractivity contribution in [2.24, 2.45) is 0 Å². The highest BCUT2D eigenvalue weighted by atomic mass is 16.5. The summed E-state index contributed by atoms with van der Waals surface area (Å²) < 4.78 is 5.57. The Balaban J connectivity index is 1.65. The number of piperidine rings is 1. The molecular weight excluding hydrogens is 294 g/mol. The number of carbonyl (C=O) groups excluding carboxylic acids is 1. The van der Waals surface area contributed by atoms with Gasteiger partial charge in [-0.3, -0.25) is 4.79 Å². The van der Waals surface area contributed by atoms with Gasteiger partial charge < -0.3 is 25.4 Å². The number of aliphatic hydroxyl groups excluding tert-OH is 1. The zero-order chi connectivity index (χ0) is 16.7. The van der Waals surface area contributed by atoms with Gasteiger partial charge in [0, 0.05) is 25.2 Å². The second kappa shape index (κ2) is 8.86. The topological polar surface area (TPSA) is 73.8 Å². The molecule has 0 bridgehead atoms. The van der Waals surface area contributed by atoms with Crippen LogP contribution in [0.2, 0.25) is 0 Å². The van der Waals surface area contributed by atoms with Gasteiger partial charge in [0.05, 0.1) is 0 Å². The van der Waals surface area contributed by atoms with Crippen LogP contribution in [0.1, 0.15) is 19.8 Å². The molecule has 1 fully saturated rings. The SMILES string of the molecule is CC(=O)Nc1ccc(OCC(O)CNC2CCN(C)CC2)cc1. The van der Waals surface area contributed by atoms with Gasteiger partial charge in [0.25, 0.3) is 0 Å². The van der Waals surface area contributed by atoms with Crippen molar-refractivity contribution < 1.29 is 14.6 Å². The van der Waals surface area contributed by atoms with Gasteiger partial charge in [-0.1, -0.05) is 0 Å². The third-order valence-corrected chi connectivity index (χ3v) is 3.98. The molecule has 1 heterocycles. The Morgan fingerprint density at radius 2 is 2.00 bits per heavy atom. The predicted molar refractivity (Wildman–Crippen MR) is 90.8 cm³/mol. The molecule has 2 rings (SSSR count). The van der Waals surface area contributed by atoms with Crippen LogP contribution in [0, 0.1) is 0 Å². The highest BCUT2D eigenvalue weighted by Crippen LogP contribution is 2.16. The van der Waals surface area contributed by atoms with E-state index in [9.17, 15) is 9.90 Å². The summed E-state index contributed by atoms with van der Waals surface area (Å²) in [5.74, 6) is 0.575. The number of carbonyl (C=O) groups is 1. The second-order valence-electron chi connectivity index (χ2n) is 6.16. The van der Waals surface area contributed by atoms with E-state index in [1.807, 2.05) is 0 Å². The average Bonchev–Trinajstić information content (AvgIpc) is 2.53. The van der Waals surface area contributed by atoms with Crippen LogP contribution in [0.3, 0.4) is 0 Å². The van der Waals surface area contributed by atoms with E-state index in [1.165, 1.54) is 6.92 Å². The summed E-state index contributed by atoms with van der Waals surface area (Å²) in [7, 11) is 2.14. The van der Waals surface area contributed by atoms with Crippen LogP contribution in [0.15, 0.2) is 24.3 Å². The van der Waals surface area contributed by atoms with E-state index in [0.29, 0.717) is 18.3 Å². The number of nitrogens with zero attached hydrogens (tertiary/aromatic N) is 1. The minimum Gasteiger partial charge on any atom is -0.491 e. The lowest BCUT2D eigenvalue weighted by molar-refractivity contribution is -0.114. The maximum Gasteiger partial charge on any atom is 0.221 e. The summed E-state index contributed by atoms with van der Waals surface area (Å²) in [6.07, 6.45) is 1.70. The van der Waals surface area contributed by atoms with Gasteiger partial charge in [-0.05, 0) is 57.2 Å². The molecule has 1 atom stereocenters. The highest BCUT2D eigenvalue weighted by Gasteiger charge is 2.17. The lowest BCUT2D eigenvalue weighted by atomic mass is 10.1. The molecule has 0 saturated carbocycles. The molecule has 1 unspecified atom stereocenters. The summed E-state index contributed by atoms with van der Waals surface area (Å²) in [6, 6.07) is 7.60. The van der Waals surface area contributed by atoms with E-state index in [4.69, 9.17) is 4.74 Å². The van der Waals surface area contributed by atoms with E-state index >= 15 is 0 Å². The molecule has 3 N–H and O–H groups in total. The molecule has 1 aliphatic rings. The summed E-state index contributed by atoms with van der Waals surface area (Å²) in [5, 5.41) is 16.1. The van der Waals surface area contributed by atoms with Crippen LogP contribution in [0.25, 0.3) is 0 Å². The van der Waals surface area contributed by atoms with Crippen molar-refractivity contribution in [2.75, 3.05) is 38.6 Å². The number of rotatable bonds is 7. The summed E-state index contributed by atoms with van der Waals surface area (Å²) >= 11 is 0. The fraction of sp³-hybridized carbons (Fsp3) is 0.588. The lowest BCUT2D eigenvalue weighted by Gasteiger charge is -2.30. The predicted octanol–water partition coefficient (Wildman–Crippen LogP) is 1.07. The van der Waals surface area contributed by atoms with Crippen LogP contribution in [-0.4, -0.2) is 61.3 Å². The summed E-state index contributed by atoms with van der Waals surface area (Å²) in [5.41, 5.74) is 0.731. The maximum absolute atomic E-state index is 10.9. The third kappa shape index (κ3) is 6.56. The quantitative estimate of drug-likeness (QED) is 0.700. The van der Waals surface area contributed by atoms with Crippen molar-refractivity contribution >= 4 is 11.6 Å². The first-order valence-electron chi connectivity index (χ1n) is 8.13. The van der Waals surface area contributed by atoms with E-state index in [-0.39, 0.29) is 12.5 Å². The molecule has 1 aliphatic heterocycles. The lowest BCUT2D eigenvalue weighted by Crippen LogP contribution is -2.44. The molecule has 0 radical (unpaired) electrons. The number of benzene rings is 1. The second-order valence-corrected chi connectivity index (χ2v) is 6.16. The minimum absolute atomic E-state index is 0.103. The largest absolute Gasteiger partial charge is 0.491 e. The Hall–Kier alpha value is -1.63. The van der Waals surface area contributed by atoms with Gasteiger partial charge >= 0.3 is 0 Å². The molecule has 1 aromatic rings. The molecule has 0 aromatic heterocycles. The van der Waals surface area contributed by atoms with Gasteiger partial charge in [0.1, 0.15) is 18.5 Å². The van der Waals surface area contributed by atoms with Gasteiger partial charge in [-0.15, -0.1) is 0 Å². The minimum atomic E-state index is -0.537. The molecular formula is C17H27N3O3. The van der Waals surface area contributed by atoms with Crippen LogP contribution < -0.4 is 15.4 Å². The number of hydrogen-bond acceptors (Lipinski definition) is 5. The van der Waals surface area contributed by atoms with Crippen LogP contribution in [-0.2, 0) is 4.79 Å². The van der Waals surface area contributed by atoms with Crippen molar-refractivity contribution in [3.8, 4) is 5.75 Å². The molecule has 6 heteroatoms. The van der Waals surface area contributed by atoms with Crippen LogP contribution in [0.4, 0.5) is 5.69 Å². The standard InChI is InChI=1S/C17H27N3O3/c1-13(21)19-15-3-5-17(6-4-15)23-12-16(22)11-18-14-7-9-20(2)10-8-14/h3-6,14,16,18,22H,7-12H2,1-2H3,(H,19,21). The van der Waals surface area contributed by atoms with Crippen molar-refractivity contribution in [2.45, 2.75) is 31.9 Å². The van der Waals surface area contributed by atoms with Crippen molar-refractivity contribution in [3.05, 3.63) is 24.3 Å². The normalized spacial score (nSPS) is 17.7. The summed E-state index contributed by atoms with van der Waals surface area (Å²) in [4.78, 5) is 13.3. The molecule has 1 saturated heterocycles. The van der Waals surface area contributed by atoms with Gasteiger partial charge in [-0.25, -0.2) is 0 Å². The molecule has 6 nitrogen and oxygen atoms in total. The van der Waals surface area contributed by atoms with Crippen LogP contribution >= 0.6 is 0 Å². The van der Waals surface area contributed by atoms with E-state index in [0.717, 1.165) is 31.6 Å². The number of amides is 1. The fourth-order valence-electron chi connectivity index (χ4n) is 2.60. The van der Waals surface area contributed by atoms with E-state index in [2.05, 4.69) is 22.6 Å². The first kappa shape index (κ1) is 17.7. The maximum atomic E-state index is 10.9. The Kier molecular flexibility index (Phi) is 6.83. The third-order valence-electron chi connectivity index (χ3n) is 3.98. The zero-order valence-electron chi connectivity index (χ0n) is 13.9. The van der Waals surface area contributed by atoms with Gasteiger partial charge in [0.15, 0.2) is 0 Å². The Morgan fingerprint density at radius 3 is 2.61 bits per heavy atom. The zero-order valence-corrected chi connectivity index (χ0v) is 13.9. The Bertz CT molecular complexity index is 484. The number of nitrogens with one attached hydrogen (secondary N) is 2. The van der Waals surface area contributed by atoms with Gasteiger partial charge in [-0.2, -0.15) is 0 Å². The average molecular weight is 321 g/mol.